The van der Waals surface area contributed by atoms with Gasteiger partial charge < -0.3 is 9.84 Å². The molecule has 0 fully saturated rings. The summed E-state index contributed by atoms with van der Waals surface area (Å²) < 4.78 is 18.7. The van der Waals surface area contributed by atoms with Crippen LogP contribution in [0.4, 0.5) is 4.39 Å². The van der Waals surface area contributed by atoms with E-state index >= 15 is 0 Å². The second-order valence-corrected chi connectivity index (χ2v) is 4.37. The number of rotatable bonds is 3. The van der Waals surface area contributed by atoms with Gasteiger partial charge in [0.25, 0.3) is 5.91 Å². The summed E-state index contributed by atoms with van der Waals surface area (Å²) in [6.45, 7) is 1.73. The summed E-state index contributed by atoms with van der Waals surface area (Å²) in [6.07, 6.45) is 0. The first-order valence-electron chi connectivity index (χ1n) is 5.09. The van der Waals surface area contributed by atoms with E-state index in [1.54, 1.807) is 13.0 Å². The van der Waals surface area contributed by atoms with Gasteiger partial charge in [-0.3, -0.25) is 4.79 Å². The van der Waals surface area contributed by atoms with Crippen molar-refractivity contribution >= 4 is 21.8 Å². The molecule has 5 nitrogen and oxygen atoms in total. The number of halogens is 2. The van der Waals surface area contributed by atoms with Crippen LogP contribution < -0.4 is 5.32 Å². The van der Waals surface area contributed by atoms with Gasteiger partial charge in [-0.05, 0) is 35.0 Å². The normalized spacial score (nSPS) is 10.4. The molecule has 0 bridgehead atoms. The predicted octanol–water partition coefficient (Wildman–Crippen LogP) is 2.21. The number of carbonyl (C=O) groups excluding carboxylic acids is 1. The molecule has 0 saturated heterocycles. The van der Waals surface area contributed by atoms with Crippen LogP contribution in [0.5, 0.6) is 0 Å². The Morgan fingerprint density at radius 1 is 1.56 bits per heavy atom. The lowest BCUT2D eigenvalue weighted by Crippen LogP contribution is -2.24. The molecule has 1 heterocycles. The minimum atomic E-state index is -0.600. The highest BCUT2D eigenvalue weighted by Gasteiger charge is 2.14. The van der Waals surface area contributed by atoms with E-state index in [-0.39, 0.29) is 22.5 Å². The molecule has 1 amide bonds. The zero-order chi connectivity index (χ0) is 13.1. The lowest BCUT2D eigenvalue weighted by Gasteiger charge is -2.04. The summed E-state index contributed by atoms with van der Waals surface area (Å²) in [5.41, 5.74) is -0.0411. The summed E-state index contributed by atoms with van der Waals surface area (Å²) in [7, 11) is 0. The van der Waals surface area contributed by atoms with Gasteiger partial charge in [0, 0.05) is 0 Å². The zero-order valence-electron chi connectivity index (χ0n) is 9.41. The van der Waals surface area contributed by atoms with Crippen molar-refractivity contribution in [3.05, 3.63) is 45.8 Å². The summed E-state index contributed by atoms with van der Waals surface area (Å²) >= 11 is 3.02. The van der Waals surface area contributed by atoms with Crippen LogP contribution in [0.2, 0.25) is 0 Å². The lowest BCUT2D eigenvalue weighted by atomic mass is 10.2. The van der Waals surface area contributed by atoms with Crippen molar-refractivity contribution in [3.8, 4) is 0 Å². The summed E-state index contributed by atoms with van der Waals surface area (Å²) in [5.74, 6) is -0.384. The first-order chi connectivity index (χ1) is 8.58. The number of nitrogens with one attached hydrogen (secondary N) is 1. The van der Waals surface area contributed by atoms with Crippen LogP contribution in [0, 0.1) is 12.7 Å². The maximum Gasteiger partial charge on any atom is 0.254 e. The SMILES string of the molecule is Cc1noc(CNC(=O)c2cccc(Br)c2F)n1. The number of benzene rings is 1. The van der Waals surface area contributed by atoms with E-state index in [9.17, 15) is 9.18 Å². The molecule has 0 radical (unpaired) electrons. The van der Waals surface area contributed by atoms with E-state index in [2.05, 4.69) is 31.4 Å². The monoisotopic (exact) mass is 313 g/mol. The van der Waals surface area contributed by atoms with Crippen LogP contribution in [0.15, 0.2) is 27.2 Å². The van der Waals surface area contributed by atoms with Gasteiger partial charge in [-0.15, -0.1) is 0 Å². The molecule has 2 aromatic rings. The Balaban J connectivity index is 2.06. The van der Waals surface area contributed by atoms with Crippen molar-refractivity contribution in [1.29, 1.82) is 0 Å². The van der Waals surface area contributed by atoms with Crippen LogP contribution in [0.1, 0.15) is 22.1 Å². The molecule has 0 aliphatic carbocycles. The maximum absolute atomic E-state index is 13.6. The fourth-order valence-electron chi connectivity index (χ4n) is 1.34. The Kier molecular flexibility index (Phi) is 3.71. The molecule has 1 N–H and O–H groups in total. The molecule has 1 aromatic carbocycles. The molecule has 1 aromatic heterocycles. The minimum Gasteiger partial charge on any atom is -0.343 e. The summed E-state index contributed by atoms with van der Waals surface area (Å²) in [6, 6.07) is 4.50. The average molecular weight is 314 g/mol. The fraction of sp³-hybridized carbons (Fsp3) is 0.182. The molecule has 0 spiro atoms. The Labute approximate surface area is 111 Å². The highest BCUT2D eigenvalue weighted by molar-refractivity contribution is 9.10. The van der Waals surface area contributed by atoms with E-state index in [0.29, 0.717) is 5.82 Å². The highest BCUT2D eigenvalue weighted by Crippen LogP contribution is 2.18. The Morgan fingerprint density at radius 2 is 2.33 bits per heavy atom. The molecular weight excluding hydrogens is 305 g/mol. The number of hydrogen-bond donors (Lipinski definition) is 1. The third kappa shape index (κ3) is 2.73. The number of carbonyl (C=O) groups is 1. The summed E-state index contributed by atoms with van der Waals surface area (Å²) in [4.78, 5) is 15.7. The average Bonchev–Trinajstić information content (AvgIpc) is 2.76. The van der Waals surface area contributed by atoms with Crippen molar-refractivity contribution < 1.29 is 13.7 Å². The molecule has 0 unspecified atom stereocenters. The number of amides is 1. The third-order valence-electron chi connectivity index (χ3n) is 2.17. The van der Waals surface area contributed by atoms with Crippen LogP contribution in [-0.2, 0) is 6.54 Å². The second kappa shape index (κ2) is 5.26. The molecule has 7 heteroatoms. The third-order valence-corrected chi connectivity index (χ3v) is 2.78. The standard InChI is InChI=1S/C11H9BrFN3O2/c1-6-15-9(18-16-6)5-14-11(17)7-3-2-4-8(12)10(7)13/h2-4H,5H2,1H3,(H,14,17). The number of hydrogen-bond acceptors (Lipinski definition) is 4. The van der Waals surface area contributed by atoms with E-state index in [0.717, 1.165) is 0 Å². The zero-order valence-corrected chi connectivity index (χ0v) is 11.0. The maximum atomic E-state index is 13.6. The Morgan fingerprint density at radius 3 is 3.00 bits per heavy atom. The predicted molar refractivity (Wildman–Crippen MR) is 64.3 cm³/mol. The quantitative estimate of drug-likeness (QED) is 0.943. The van der Waals surface area contributed by atoms with Crippen LogP contribution in [-0.4, -0.2) is 16.0 Å². The van der Waals surface area contributed by atoms with Gasteiger partial charge in [-0.25, -0.2) is 4.39 Å². The number of aryl methyl sites for hydroxylation is 1. The van der Waals surface area contributed by atoms with E-state index in [1.807, 2.05) is 0 Å². The smallest absolute Gasteiger partial charge is 0.254 e. The van der Waals surface area contributed by atoms with Crippen molar-refractivity contribution in [2.24, 2.45) is 0 Å². The molecule has 18 heavy (non-hydrogen) atoms. The largest absolute Gasteiger partial charge is 0.343 e. The van der Waals surface area contributed by atoms with Crippen molar-refractivity contribution in [1.82, 2.24) is 15.5 Å². The Hall–Kier alpha value is -1.76. The topological polar surface area (TPSA) is 68.0 Å². The van der Waals surface area contributed by atoms with E-state index in [4.69, 9.17) is 4.52 Å². The molecular formula is C11H9BrFN3O2. The van der Waals surface area contributed by atoms with Gasteiger partial charge in [0.2, 0.25) is 5.89 Å². The van der Waals surface area contributed by atoms with Crippen molar-refractivity contribution in [2.75, 3.05) is 0 Å². The van der Waals surface area contributed by atoms with Gasteiger partial charge in [-0.2, -0.15) is 4.98 Å². The molecule has 0 aliphatic heterocycles. The van der Waals surface area contributed by atoms with Gasteiger partial charge >= 0.3 is 0 Å². The van der Waals surface area contributed by atoms with Crippen molar-refractivity contribution in [2.45, 2.75) is 13.5 Å². The van der Waals surface area contributed by atoms with Crippen LogP contribution >= 0.6 is 15.9 Å². The van der Waals surface area contributed by atoms with Gasteiger partial charge in [0.1, 0.15) is 5.82 Å². The van der Waals surface area contributed by atoms with Gasteiger partial charge in [-0.1, -0.05) is 11.2 Å². The molecule has 0 saturated carbocycles. The van der Waals surface area contributed by atoms with Gasteiger partial charge in [0.15, 0.2) is 5.82 Å². The lowest BCUT2D eigenvalue weighted by molar-refractivity contribution is 0.0942. The van der Waals surface area contributed by atoms with E-state index < -0.39 is 11.7 Å². The van der Waals surface area contributed by atoms with E-state index in [1.165, 1.54) is 12.1 Å². The summed E-state index contributed by atoms with van der Waals surface area (Å²) in [5, 5.41) is 6.08. The molecule has 0 atom stereocenters. The van der Waals surface area contributed by atoms with Crippen LogP contribution in [0.3, 0.4) is 0 Å². The van der Waals surface area contributed by atoms with Crippen molar-refractivity contribution in [3.63, 3.8) is 0 Å². The second-order valence-electron chi connectivity index (χ2n) is 3.52. The van der Waals surface area contributed by atoms with Gasteiger partial charge in [0.05, 0.1) is 16.6 Å². The minimum absolute atomic E-state index is 0.0411. The highest BCUT2D eigenvalue weighted by atomic mass is 79.9. The molecule has 2 rings (SSSR count). The molecule has 94 valence electrons. The number of aromatic nitrogens is 2. The first-order valence-corrected chi connectivity index (χ1v) is 5.88. The molecule has 0 aliphatic rings. The first kappa shape index (κ1) is 12.7. The van der Waals surface area contributed by atoms with Crippen LogP contribution in [0.25, 0.3) is 0 Å². The fourth-order valence-corrected chi connectivity index (χ4v) is 1.71. The number of nitrogens with zero attached hydrogens (tertiary/aromatic N) is 2. The Bertz CT molecular complexity index is 585.